The molecule has 0 radical (unpaired) electrons. The van der Waals surface area contributed by atoms with Gasteiger partial charge >= 0.3 is 0 Å². The van der Waals surface area contributed by atoms with Crippen LogP contribution in [0, 0.1) is 5.92 Å². The maximum absolute atomic E-state index is 12.8. The first-order chi connectivity index (χ1) is 20.5. The molecule has 0 aromatic heterocycles. The predicted molar refractivity (Wildman–Crippen MR) is 178 cm³/mol. The second-order valence-corrected chi connectivity index (χ2v) is 12.0. The molecule has 0 spiro atoms. The molecule has 4 aromatic carbocycles. The van der Waals surface area contributed by atoms with Gasteiger partial charge in [-0.1, -0.05) is 90.5 Å². The van der Waals surface area contributed by atoms with E-state index in [1.54, 1.807) is 0 Å². The smallest absolute Gasteiger partial charge is 0.162 e. The number of Topliss-reactive ketones (excluding diaryl/α,β-unsaturated/α-hetero) is 1. The molecule has 42 heavy (non-hydrogen) atoms. The molecule has 0 saturated heterocycles. The van der Waals surface area contributed by atoms with E-state index in [0.29, 0.717) is 24.5 Å². The first-order valence-corrected chi connectivity index (χ1v) is 15.5. The van der Waals surface area contributed by atoms with E-state index in [2.05, 4.69) is 68.7 Å². The number of halogens is 2. The molecule has 1 N–H and O–H groups in total. The molecular weight excluding hydrogens is 606 g/mol. The van der Waals surface area contributed by atoms with E-state index in [1.165, 1.54) is 11.1 Å². The summed E-state index contributed by atoms with van der Waals surface area (Å²) in [5.41, 5.74) is 7.12. The number of aryl methyl sites for hydroxylation is 1. The summed E-state index contributed by atoms with van der Waals surface area (Å²) in [5.74, 6) is 0.398. The Bertz CT molecular complexity index is 1750. The van der Waals surface area contributed by atoms with Crippen LogP contribution in [0.25, 0.3) is 10.8 Å². The average Bonchev–Trinajstić information content (AvgIpc) is 3.21. The zero-order valence-corrected chi connectivity index (χ0v) is 25.5. The molecule has 210 valence electrons. The number of nitrogens with zero attached hydrogens (tertiary/aromatic N) is 2. The van der Waals surface area contributed by atoms with Crippen LogP contribution < -0.4 is 5.32 Å². The van der Waals surface area contributed by atoms with Crippen molar-refractivity contribution in [3.8, 4) is 0 Å². The summed E-state index contributed by atoms with van der Waals surface area (Å²) in [6.07, 6.45) is 7.04. The number of carbonyl (C=O) groups is 1. The average molecular weight is 637 g/mol. The van der Waals surface area contributed by atoms with E-state index >= 15 is 0 Å². The van der Waals surface area contributed by atoms with Crippen molar-refractivity contribution in [2.45, 2.75) is 32.2 Å². The Labute approximate surface area is 260 Å². The third-order valence-electron chi connectivity index (χ3n) is 7.81. The minimum atomic E-state index is 0.197. The first-order valence-electron chi connectivity index (χ1n) is 14.3. The standard InChI is InChI=1S/C36H31BrClN3O/c37-32-23-39-22-29-19-30(20-34(41-36(29)32)31-9-3-4-10-33(31)38)40-21-25-14-12-24(13-15-25)6-5-11-35(42)28-17-16-26-7-1-2-8-27(26)18-28/h1-4,7-10,12-18,20,23,29,40H,5-6,11,19,21-22H2. The molecule has 6 heteroatoms. The number of hydrogen-bond donors (Lipinski definition) is 1. The maximum Gasteiger partial charge on any atom is 0.162 e. The molecule has 1 atom stereocenters. The minimum Gasteiger partial charge on any atom is -0.384 e. The summed E-state index contributed by atoms with van der Waals surface area (Å²) in [4.78, 5) is 22.3. The summed E-state index contributed by atoms with van der Waals surface area (Å²) in [6, 6.07) is 30.6. The van der Waals surface area contributed by atoms with Gasteiger partial charge in [0.1, 0.15) is 0 Å². The van der Waals surface area contributed by atoms with Gasteiger partial charge in [0.05, 0.1) is 15.9 Å². The lowest BCUT2D eigenvalue weighted by atomic mass is 9.98. The summed E-state index contributed by atoms with van der Waals surface area (Å²) >= 11 is 10.2. The summed E-state index contributed by atoms with van der Waals surface area (Å²) in [7, 11) is 0. The molecule has 6 rings (SSSR count). The molecule has 2 aliphatic rings. The molecule has 2 aliphatic heterocycles. The second kappa shape index (κ2) is 13.0. The SMILES string of the molecule is O=C(CCCc1ccc(CNC2=CC(c3ccccc3Cl)=NC3=C(Br)C=NCC3C2)cc1)c1ccc2ccccc2c1. The molecule has 0 saturated carbocycles. The molecule has 4 nitrogen and oxygen atoms in total. The normalized spacial score (nSPS) is 16.5. The van der Waals surface area contributed by atoms with Gasteiger partial charge in [0.2, 0.25) is 0 Å². The number of aliphatic imine (C=N–C) groups is 2. The summed E-state index contributed by atoms with van der Waals surface area (Å²) < 4.78 is 0.924. The van der Waals surface area contributed by atoms with Crippen LogP contribution >= 0.6 is 27.5 Å². The first kappa shape index (κ1) is 28.3. The van der Waals surface area contributed by atoms with Crippen LogP contribution in [0.3, 0.4) is 0 Å². The topological polar surface area (TPSA) is 53.8 Å². The lowest BCUT2D eigenvalue weighted by Gasteiger charge is -2.20. The van der Waals surface area contributed by atoms with Gasteiger partial charge in [-0.3, -0.25) is 14.8 Å². The van der Waals surface area contributed by atoms with E-state index in [1.807, 2.05) is 60.8 Å². The van der Waals surface area contributed by atoms with Crippen molar-refractivity contribution in [3.63, 3.8) is 0 Å². The summed E-state index contributed by atoms with van der Waals surface area (Å²) in [5, 5.41) is 6.60. The van der Waals surface area contributed by atoms with E-state index < -0.39 is 0 Å². The largest absolute Gasteiger partial charge is 0.384 e. The van der Waals surface area contributed by atoms with Crippen LogP contribution in [0.2, 0.25) is 5.02 Å². The Morgan fingerprint density at radius 1 is 0.929 bits per heavy atom. The zero-order chi connectivity index (χ0) is 28.9. The second-order valence-electron chi connectivity index (χ2n) is 10.8. The molecular formula is C36H31BrClN3O. The van der Waals surface area contributed by atoms with Crippen molar-refractivity contribution in [2.24, 2.45) is 15.9 Å². The highest BCUT2D eigenvalue weighted by Gasteiger charge is 2.25. The molecule has 4 aromatic rings. The van der Waals surface area contributed by atoms with Gasteiger partial charge in [0.15, 0.2) is 5.78 Å². The third kappa shape index (κ3) is 6.64. The van der Waals surface area contributed by atoms with Crippen molar-refractivity contribution < 1.29 is 4.79 Å². The van der Waals surface area contributed by atoms with E-state index in [0.717, 1.165) is 62.7 Å². The van der Waals surface area contributed by atoms with Gasteiger partial charge in [-0.15, -0.1) is 0 Å². The fraction of sp³-hybridized carbons (Fsp3) is 0.194. The summed E-state index contributed by atoms with van der Waals surface area (Å²) in [6.45, 7) is 1.42. The number of allylic oxidation sites excluding steroid dienone is 3. The van der Waals surface area contributed by atoms with Crippen molar-refractivity contribution in [3.05, 3.63) is 140 Å². The highest BCUT2D eigenvalue weighted by atomic mass is 79.9. The van der Waals surface area contributed by atoms with Gasteiger partial charge in [-0.05, 0) is 75.3 Å². The van der Waals surface area contributed by atoms with Crippen LogP contribution in [-0.4, -0.2) is 24.3 Å². The number of benzene rings is 4. The number of carbonyl (C=O) groups excluding carboxylic acids is 1. The maximum atomic E-state index is 12.8. The van der Waals surface area contributed by atoms with Crippen LogP contribution in [-0.2, 0) is 13.0 Å². The lowest BCUT2D eigenvalue weighted by molar-refractivity contribution is 0.0980. The zero-order valence-electron chi connectivity index (χ0n) is 23.2. The number of hydrogen-bond acceptors (Lipinski definition) is 4. The van der Waals surface area contributed by atoms with Gasteiger partial charge in [0.25, 0.3) is 0 Å². The highest BCUT2D eigenvalue weighted by molar-refractivity contribution is 9.12. The van der Waals surface area contributed by atoms with E-state index in [9.17, 15) is 4.79 Å². The van der Waals surface area contributed by atoms with Gasteiger partial charge in [-0.25, -0.2) is 0 Å². The fourth-order valence-electron chi connectivity index (χ4n) is 5.49. The Morgan fingerprint density at radius 3 is 2.52 bits per heavy atom. The Hall–Kier alpha value is -3.80. The molecule has 0 aliphatic carbocycles. The van der Waals surface area contributed by atoms with Crippen LogP contribution in [0.4, 0.5) is 0 Å². The van der Waals surface area contributed by atoms with Crippen molar-refractivity contribution in [2.75, 3.05) is 6.54 Å². The number of rotatable bonds is 9. The predicted octanol–water partition coefficient (Wildman–Crippen LogP) is 8.87. The van der Waals surface area contributed by atoms with Gasteiger partial charge < -0.3 is 5.32 Å². The quantitative estimate of drug-likeness (QED) is 0.187. The van der Waals surface area contributed by atoms with Gasteiger partial charge in [-0.2, -0.15) is 0 Å². The van der Waals surface area contributed by atoms with Crippen molar-refractivity contribution >= 4 is 56.0 Å². The van der Waals surface area contributed by atoms with E-state index in [-0.39, 0.29) is 11.7 Å². The Balaban J connectivity index is 1.07. The lowest BCUT2D eigenvalue weighted by Crippen LogP contribution is -2.19. The monoisotopic (exact) mass is 635 g/mol. The number of ketones is 1. The Kier molecular flexibility index (Phi) is 8.78. The number of dihydropyridines is 1. The molecule has 0 fully saturated rings. The highest BCUT2D eigenvalue weighted by Crippen LogP contribution is 2.33. The van der Waals surface area contributed by atoms with E-state index in [4.69, 9.17) is 16.6 Å². The van der Waals surface area contributed by atoms with Gasteiger partial charge in [0, 0.05) is 53.5 Å². The molecule has 0 amide bonds. The number of fused-ring (bicyclic) bond motifs is 2. The molecule has 1 unspecified atom stereocenters. The third-order valence-corrected chi connectivity index (χ3v) is 8.75. The number of nitrogens with one attached hydrogen (secondary N) is 1. The van der Waals surface area contributed by atoms with Crippen LogP contribution in [0.1, 0.15) is 46.3 Å². The van der Waals surface area contributed by atoms with Crippen LogP contribution in [0.5, 0.6) is 0 Å². The van der Waals surface area contributed by atoms with Crippen molar-refractivity contribution in [1.82, 2.24) is 5.32 Å². The minimum absolute atomic E-state index is 0.197. The molecule has 2 heterocycles. The van der Waals surface area contributed by atoms with Crippen molar-refractivity contribution in [1.29, 1.82) is 0 Å². The molecule has 0 bridgehead atoms. The van der Waals surface area contributed by atoms with Crippen LogP contribution in [0.15, 0.2) is 123 Å². The fourth-order valence-corrected chi connectivity index (χ4v) is 6.28. The Morgan fingerprint density at radius 2 is 1.69 bits per heavy atom.